The largest absolute Gasteiger partial charge is 0.338 e. The van der Waals surface area contributed by atoms with Gasteiger partial charge in [0.15, 0.2) is 0 Å². The zero-order valence-corrected chi connectivity index (χ0v) is 9.65. The number of fused-ring (bicyclic) bond motifs is 1. The summed E-state index contributed by atoms with van der Waals surface area (Å²) in [5.41, 5.74) is 2.65. The summed E-state index contributed by atoms with van der Waals surface area (Å²) in [6.07, 6.45) is 2.68. The van der Waals surface area contributed by atoms with Crippen molar-refractivity contribution in [1.82, 2.24) is 4.90 Å². The molecule has 1 aliphatic rings. The quantitative estimate of drug-likeness (QED) is 0.694. The van der Waals surface area contributed by atoms with Gasteiger partial charge in [-0.1, -0.05) is 37.3 Å². The van der Waals surface area contributed by atoms with E-state index < -0.39 is 0 Å². The Morgan fingerprint density at radius 3 is 2.81 bits per heavy atom. The van der Waals surface area contributed by atoms with E-state index in [1.807, 2.05) is 17.9 Å². The molecule has 0 fully saturated rings. The van der Waals surface area contributed by atoms with Gasteiger partial charge >= 0.3 is 0 Å². The van der Waals surface area contributed by atoms with Gasteiger partial charge in [-0.15, -0.1) is 6.58 Å². The average Bonchev–Trinajstić information content (AvgIpc) is 2.36. The highest BCUT2D eigenvalue weighted by Gasteiger charge is 2.22. The molecular formula is C14H17NO. The van der Waals surface area contributed by atoms with E-state index >= 15 is 0 Å². The molecule has 0 radical (unpaired) electrons. The van der Waals surface area contributed by atoms with Crippen LogP contribution in [0.25, 0.3) is 0 Å². The predicted molar refractivity (Wildman–Crippen MR) is 64.9 cm³/mol. The predicted octanol–water partition coefficient (Wildman–Crippen LogP) is 2.39. The third-order valence-corrected chi connectivity index (χ3v) is 3.19. The molecular weight excluding hydrogens is 198 g/mol. The molecule has 0 bridgehead atoms. The van der Waals surface area contributed by atoms with E-state index in [9.17, 15) is 4.79 Å². The molecule has 1 aromatic rings. The van der Waals surface area contributed by atoms with Crippen LogP contribution in [0.5, 0.6) is 0 Å². The number of benzene rings is 1. The van der Waals surface area contributed by atoms with Crippen LogP contribution in [0.3, 0.4) is 0 Å². The Labute approximate surface area is 96.6 Å². The number of rotatable bonds is 2. The van der Waals surface area contributed by atoms with Crippen LogP contribution in [0, 0.1) is 5.92 Å². The zero-order valence-electron chi connectivity index (χ0n) is 9.65. The highest BCUT2D eigenvalue weighted by Crippen LogP contribution is 2.20. The van der Waals surface area contributed by atoms with Crippen LogP contribution in [-0.2, 0) is 17.8 Å². The maximum atomic E-state index is 12.0. The molecule has 84 valence electrons. The van der Waals surface area contributed by atoms with E-state index in [1.54, 1.807) is 6.08 Å². The van der Waals surface area contributed by atoms with E-state index in [2.05, 4.69) is 24.8 Å². The molecule has 1 unspecified atom stereocenters. The molecule has 1 aromatic carbocycles. The fourth-order valence-electron chi connectivity index (χ4n) is 2.07. The van der Waals surface area contributed by atoms with Crippen LogP contribution in [0.1, 0.15) is 18.1 Å². The number of amides is 1. The summed E-state index contributed by atoms with van der Waals surface area (Å²) >= 11 is 0. The highest BCUT2D eigenvalue weighted by molar-refractivity contribution is 5.80. The molecule has 16 heavy (non-hydrogen) atoms. The second kappa shape index (κ2) is 4.52. The van der Waals surface area contributed by atoms with Gasteiger partial charge in [0.2, 0.25) is 5.91 Å². The summed E-state index contributed by atoms with van der Waals surface area (Å²) in [6, 6.07) is 8.34. The van der Waals surface area contributed by atoms with Gasteiger partial charge in [0.1, 0.15) is 0 Å². The topological polar surface area (TPSA) is 20.3 Å². The fourth-order valence-corrected chi connectivity index (χ4v) is 2.07. The summed E-state index contributed by atoms with van der Waals surface area (Å²) in [5.74, 6) is 0.106. The van der Waals surface area contributed by atoms with Crippen molar-refractivity contribution in [2.24, 2.45) is 5.92 Å². The molecule has 1 aliphatic heterocycles. The first-order valence-corrected chi connectivity index (χ1v) is 5.70. The first kappa shape index (κ1) is 10.9. The molecule has 1 amide bonds. The molecule has 2 nitrogen and oxygen atoms in total. The first-order valence-electron chi connectivity index (χ1n) is 5.70. The van der Waals surface area contributed by atoms with Crippen LogP contribution in [0.4, 0.5) is 0 Å². The van der Waals surface area contributed by atoms with Gasteiger partial charge in [0.25, 0.3) is 0 Å². The summed E-state index contributed by atoms with van der Waals surface area (Å²) < 4.78 is 0. The van der Waals surface area contributed by atoms with Crippen molar-refractivity contribution in [3.63, 3.8) is 0 Å². The molecule has 0 aromatic heterocycles. The number of carbonyl (C=O) groups excluding carboxylic acids is 1. The Morgan fingerprint density at radius 2 is 2.12 bits per heavy atom. The third kappa shape index (κ3) is 2.01. The molecule has 0 N–H and O–H groups in total. The van der Waals surface area contributed by atoms with E-state index in [-0.39, 0.29) is 11.8 Å². The summed E-state index contributed by atoms with van der Waals surface area (Å²) in [4.78, 5) is 13.9. The van der Waals surface area contributed by atoms with Gasteiger partial charge < -0.3 is 4.90 Å². The maximum absolute atomic E-state index is 12.0. The normalized spacial score (nSPS) is 16.4. The van der Waals surface area contributed by atoms with Gasteiger partial charge in [0, 0.05) is 13.1 Å². The van der Waals surface area contributed by atoms with E-state index in [0.717, 1.165) is 19.5 Å². The molecule has 1 heterocycles. The Morgan fingerprint density at radius 1 is 1.44 bits per heavy atom. The molecule has 0 saturated heterocycles. The van der Waals surface area contributed by atoms with Crippen molar-refractivity contribution < 1.29 is 4.79 Å². The van der Waals surface area contributed by atoms with Crippen LogP contribution < -0.4 is 0 Å². The third-order valence-electron chi connectivity index (χ3n) is 3.19. The van der Waals surface area contributed by atoms with Gasteiger partial charge in [-0.3, -0.25) is 4.79 Å². The molecule has 2 heteroatoms. The lowest BCUT2D eigenvalue weighted by atomic mass is 9.99. The fraction of sp³-hybridized carbons (Fsp3) is 0.357. The number of carbonyl (C=O) groups is 1. The van der Waals surface area contributed by atoms with Crippen molar-refractivity contribution in [3.05, 3.63) is 48.0 Å². The number of hydrogen-bond donors (Lipinski definition) is 0. The molecule has 0 spiro atoms. The number of nitrogens with zero attached hydrogens (tertiary/aromatic N) is 1. The minimum Gasteiger partial charge on any atom is -0.338 e. The Bertz CT molecular complexity index is 411. The van der Waals surface area contributed by atoms with Crippen molar-refractivity contribution in [2.45, 2.75) is 19.9 Å². The van der Waals surface area contributed by atoms with Crippen molar-refractivity contribution in [3.8, 4) is 0 Å². The Kier molecular flexibility index (Phi) is 3.09. The van der Waals surface area contributed by atoms with Crippen molar-refractivity contribution in [2.75, 3.05) is 6.54 Å². The summed E-state index contributed by atoms with van der Waals surface area (Å²) in [5, 5.41) is 0. The zero-order chi connectivity index (χ0) is 11.5. The van der Waals surface area contributed by atoms with E-state index in [1.165, 1.54) is 11.1 Å². The van der Waals surface area contributed by atoms with Gasteiger partial charge in [-0.05, 0) is 17.5 Å². The van der Waals surface area contributed by atoms with Crippen LogP contribution >= 0.6 is 0 Å². The lowest BCUT2D eigenvalue weighted by molar-refractivity contribution is -0.134. The second-order valence-electron chi connectivity index (χ2n) is 4.30. The smallest absolute Gasteiger partial charge is 0.229 e. The van der Waals surface area contributed by atoms with Crippen LogP contribution in [0.2, 0.25) is 0 Å². The van der Waals surface area contributed by atoms with Crippen molar-refractivity contribution in [1.29, 1.82) is 0 Å². The maximum Gasteiger partial charge on any atom is 0.229 e. The van der Waals surface area contributed by atoms with Gasteiger partial charge in [-0.25, -0.2) is 0 Å². The molecule has 2 rings (SSSR count). The van der Waals surface area contributed by atoms with Crippen LogP contribution in [0.15, 0.2) is 36.9 Å². The highest BCUT2D eigenvalue weighted by atomic mass is 16.2. The molecule has 0 aliphatic carbocycles. The minimum atomic E-state index is -0.0785. The van der Waals surface area contributed by atoms with E-state index in [4.69, 9.17) is 0 Å². The standard InChI is InChI=1S/C14H17NO/c1-3-11(2)14(16)15-9-8-12-6-4-5-7-13(12)10-15/h3-7,11H,1,8-10H2,2H3. The Hall–Kier alpha value is -1.57. The molecule has 1 atom stereocenters. The lowest BCUT2D eigenvalue weighted by Gasteiger charge is -2.30. The van der Waals surface area contributed by atoms with E-state index in [0.29, 0.717) is 0 Å². The van der Waals surface area contributed by atoms with Gasteiger partial charge in [0.05, 0.1) is 5.92 Å². The minimum absolute atomic E-state index is 0.0785. The first-order chi connectivity index (χ1) is 7.72. The average molecular weight is 215 g/mol. The second-order valence-corrected chi connectivity index (χ2v) is 4.30. The SMILES string of the molecule is C=CC(C)C(=O)N1CCc2ccccc2C1. The summed E-state index contributed by atoms with van der Waals surface area (Å²) in [7, 11) is 0. The van der Waals surface area contributed by atoms with Crippen LogP contribution in [-0.4, -0.2) is 17.4 Å². The lowest BCUT2D eigenvalue weighted by Crippen LogP contribution is -2.38. The van der Waals surface area contributed by atoms with Crippen molar-refractivity contribution >= 4 is 5.91 Å². The van der Waals surface area contributed by atoms with Gasteiger partial charge in [-0.2, -0.15) is 0 Å². The Balaban J connectivity index is 2.14. The number of hydrogen-bond acceptors (Lipinski definition) is 1. The molecule has 0 saturated carbocycles. The summed E-state index contributed by atoms with van der Waals surface area (Å²) in [6.45, 7) is 7.14. The monoisotopic (exact) mass is 215 g/mol.